The molecule has 5 aliphatic carbocycles. The predicted octanol–water partition coefficient (Wildman–Crippen LogP) is 17.6. The van der Waals surface area contributed by atoms with Gasteiger partial charge in [-0.05, 0) is 102 Å². The third-order valence-electron chi connectivity index (χ3n) is 15.2. The molecule has 16 rings (SSSR count). The Morgan fingerprint density at radius 1 is 0.354 bits per heavy atom. The van der Waals surface area contributed by atoms with Crippen molar-refractivity contribution in [3.63, 3.8) is 0 Å². The molecule has 0 radical (unpaired) electrons. The minimum absolute atomic E-state index is 0. The van der Waals surface area contributed by atoms with Gasteiger partial charge < -0.3 is 19.8 Å². The molecule has 0 fully saturated rings. The summed E-state index contributed by atoms with van der Waals surface area (Å²) in [6, 6.07) is 91.0. The molecule has 82 heavy (non-hydrogen) atoms. The van der Waals surface area contributed by atoms with Crippen LogP contribution in [-0.2, 0) is 91.5 Å². The number of benzene rings is 9. The van der Waals surface area contributed by atoms with Crippen molar-refractivity contribution in [2.24, 2.45) is 0 Å². The average Bonchev–Trinajstić information content (AvgIpc) is 4.47. The second kappa shape index (κ2) is 31.9. The minimum atomic E-state index is 0. The predicted molar refractivity (Wildman–Crippen MR) is 339 cm³/mol. The molecule has 0 heterocycles. The van der Waals surface area contributed by atoms with Crippen molar-refractivity contribution in [3.05, 3.63) is 378 Å². The molecule has 0 N–H and O–H groups in total. The Labute approximate surface area is 551 Å². The van der Waals surface area contributed by atoms with E-state index in [1.807, 2.05) is 0 Å². The molecule has 0 saturated heterocycles. The zero-order chi connectivity index (χ0) is 52.2. The Morgan fingerprint density at radius 3 is 1.30 bits per heavy atom. The third-order valence-corrected chi connectivity index (χ3v) is 15.2. The van der Waals surface area contributed by atoms with E-state index in [1.54, 1.807) is 0 Å². The molecule has 0 aromatic heterocycles. The molecule has 11 aromatic carbocycles. The molecular weight excluding hydrogens is 1250 g/mol. The first kappa shape index (κ1) is 64.7. The second-order valence-corrected chi connectivity index (χ2v) is 19.7. The number of fused-ring (bicyclic) bond motifs is 7. The quantitative estimate of drug-likeness (QED) is 0.122. The van der Waals surface area contributed by atoms with E-state index in [0.29, 0.717) is 0 Å². The summed E-state index contributed by atoms with van der Waals surface area (Å²) in [4.78, 5) is 0. The number of halogens is 1. The van der Waals surface area contributed by atoms with E-state index in [2.05, 4.69) is 323 Å². The Kier molecular flexibility index (Phi) is 25.2. The summed E-state index contributed by atoms with van der Waals surface area (Å²) in [7, 11) is 0. The molecule has 3 unspecified atom stereocenters. The summed E-state index contributed by atoms with van der Waals surface area (Å²) < 4.78 is 0. The van der Waals surface area contributed by atoms with Crippen LogP contribution in [-0.4, -0.2) is 0 Å². The van der Waals surface area contributed by atoms with Crippen LogP contribution in [0, 0.1) is 7.43 Å². The van der Waals surface area contributed by atoms with Crippen LogP contribution in [0.2, 0.25) is 0 Å². The van der Waals surface area contributed by atoms with E-state index in [9.17, 15) is 0 Å². The summed E-state index contributed by atoms with van der Waals surface area (Å²) in [6.07, 6.45) is 22.8. The van der Waals surface area contributed by atoms with Gasteiger partial charge in [0.15, 0.2) is 0 Å². The average molecular weight is 1310 g/mol. The SMILES string of the molecule is C1=CC(c2cccc(C3C(c4ccccc4)=Cc4ccccc43)c2C2C=Cc3ccccc32)c2ccccc21.C1=Cc2ccccc2C1.C1=Cc2ccccc2C1.C=C.[CH3-].[Cl-].[Zr+4].[Zr+4].[Zr+4].c1ccc2[cH-]ccc2c1.c1ccc2[cH-]ccc2c1. The van der Waals surface area contributed by atoms with Crippen LogP contribution in [0.25, 0.3) is 57.5 Å². The molecular formula is C78H65ClZr3+8. The summed E-state index contributed by atoms with van der Waals surface area (Å²) in [5.74, 6) is 0.650. The summed E-state index contributed by atoms with van der Waals surface area (Å²) in [6.45, 7) is 6.00. The first-order valence-corrected chi connectivity index (χ1v) is 27.0. The van der Waals surface area contributed by atoms with E-state index >= 15 is 0 Å². The van der Waals surface area contributed by atoms with Crippen molar-refractivity contribution in [3.8, 4) is 0 Å². The van der Waals surface area contributed by atoms with Crippen molar-refractivity contribution in [1.82, 2.24) is 0 Å². The van der Waals surface area contributed by atoms with Crippen molar-refractivity contribution in [2.75, 3.05) is 0 Å². The molecule has 0 saturated carbocycles. The topological polar surface area (TPSA) is 0 Å². The first-order chi connectivity index (χ1) is 38.2. The summed E-state index contributed by atoms with van der Waals surface area (Å²) in [5.41, 5.74) is 20.8. The van der Waals surface area contributed by atoms with Crippen LogP contribution in [0.15, 0.2) is 292 Å². The van der Waals surface area contributed by atoms with E-state index in [4.69, 9.17) is 0 Å². The zero-order valence-corrected chi connectivity index (χ0v) is 54.5. The van der Waals surface area contributed by atoms with Crippen LogP contribution in [0.4, 0.5) is 0 Å². The summed E-state index contributed by atoms with van der Waals surface area (Å²) >= 11 is 0. The first-order valence-electron chi connectivity index (χ1n) is 27.0. The van der Waals surface area contributed by atoms with Gasteiger partial charge in [0.05, 0.1) is 0 Å². The zero-order valence-electron chi connectivity index (χ0n) is 46.4. The number of rotatable bonds is 4. The molecule has 5 aliphatic rings. The fraction of sp³-hybridized carbons (Fsp3) is 0.0641. The minimum Gasteiger partial charge on any atom is -1.00 e. The Hall–Kier alpha value is -6.42. The van der Waals surface area contributed by atoms with Gasteiger partial charge in [0.2, 0.25) is 0 Å². The van der Waals surface area contributed by atoms with Crippen LogP contribution >= 0.6 is 0 Å². The molecule has 4 heteroatoms. The molecule has 3 atom stereocenters. The molecule has 11 aromatic rings. The van der Waals surface area contributed by atoms with Crippen molar-refractivity contribution in [1.29, 1.82) is 0 Å². The molecule has 0 bridgehead atoms. The van der Waals surface area contributed by atoms with Crippen LogP contribution in [0.5, 0.6) is 0 Å². The van der Waals surface area contributed by atoms with E-state index in [0.717, 1.165) is 12.8 Å². The van der Waals surface area contributed by atoms with Gasteiger partial charge in [-0.25, -0.2) is 0 Å². The number of hydrogen-bond donors (Lipinski definition) is 0. The number of hydrogen-bond acceptors (Lipinski definition) is 0. The van der Waals surface area contributed by atoms with Gasteiger partial charge in [0.1, 0.15) is 0 Å². The van der Waals surface area contributed by atoms with Crippen molar-refractivity contribution >= 4 is 57.5 Å². The standard InChI is InChI=1S/C39H28.2C9H8.2C9H7.C2H4.CH3.ClH.3Zr/c1-2-11-26(12-3-1)37-25-29-15-6-9-18-32(29)38(37)36-20-10-19-34(33-23-21-27-13-4-7-16-30(27)33)39(36)35-24-22-28-14-5-8-17-31(28)35;4*1-2-5-9-7-3-6-8(9)4-1;1-2;;;;;/h1-25,33,35,38H;2*1-6H,7H2;2*1-7H;1-2H2;1H3;1H;;;/q;;;2*-1;;-1;;3*+4/p-1. The van der Waals surface area contributed by atoms with Gasteiger partial charge in [-0.2, -0.15) is 35.0 Å². The van der Waals surface area contributed by atoms with Crippen LogP contribution in [0.3, 0.4) is 0 Å². The normalized spacial score (nSPS) is 14.8. The monoisotopic (exact) mass is 1310 g/mol. The van der Waals surface area contributed by atoms with Gasteiger partial charge in [-0.1, -0.05) is 231 Å². The van der Waals surface area contributed by atoms with E-state index in [1.165, 1.54) is 105 Å². The molecule has 0 spiro atoms. The second-order valence-electron chi connectivity index (χ2n) is 19.7. The fourth-order valence-electron chi connectivity index (χ4n) is 11.6. The largest absolute Gasteiger partial charge is 4.00 e. The van der Waals surface area contributed by atoms with Crippen LogP contribution < -0.4 is 12.4 Å². The smallest absolute Gasteiger partial charge is 1.00 e. The Balaban J connectivity index is 0.000000203. The van der Waals surface area contributed by atoms with E-state index < -0.39 is 0 Å². The van der Waals surface area contributed by atoms with Crippen molar-refractivity contribution in [2.45, 2.75) is 30.6 Å². The van der Waals surface area contributed by atoms with E-state index in [-0.39, 0.29) is 116 Å². The molecule has 388 valence electrons. The number of allylic oxidation sites excluding steroid dienone is 5. The maximum atomic E-state index is 3.00. The van der Waals surface area contributed by atoms with Gasteiger partial charge in [-0.15, -0.1) is 72.5 Å². The Morgan fingerprint density at radius 2 is 0.768 bits per heavy atom. The molecule has 0 aliphatic heterocycles. The van der Waals surface area contributed by atoms with Crippen LogP contribution in [0.1, 0.15) is 95.6 Å². The van der Waals surface area contributed by atoms with Gasteiger partial charge in [0, 0.05) is 17.8 Å². The van der Waals surface area contributed by atoms with Gasteiger partial charge in [0.25, 0.3) is 0 Å². The fourth-order valence-corrected chi connectivity index (χ4v) is 11.6. The van der Waals surface area contributed by atoms with Crippen molar-refractivity contribution < 1.29 is 91.0 Å². The maximum absolute atomic E-state index is 3.00. The van der Waals surface area contributed by atoms with Gasteiger partial charge >= 0.3 is 78.6 Å². The molecule has 0 nitrogen and oxygen atoms in total. The third kappa shape index (κ3) is 14.7. The Bertz CT molecular complexity index is 3780. The summed E-state index contributed by atoms with van der Waals surface area (Å²) in [5, 5.41) is 5.32. The molecule has 0 amide bonds. The van der Waals surface area contributed by atoms with Gasteiger partial charge in [-0.3, -0.25) is 0 Å². The maximum Gasteiger partial charge on any atom is 4.00 e.